The molecule has 0 saturated heterocycles. The van der Waals surface area contributed by atoms with Gasteiger partial charge in [0.15, 0.2) is 0 Å². The zero-order valence-corrected chi connectivity index (χ0v) is 10.9. The van der Waals surface area contributed by atoms with Crippen LogP contribution in [-0.4, -0.2) is 18.5 Å². The fourth-order valence-electron chi connectivity index (χ4n) is 1.68. The van der Waals surface area contributed by atoms with Crippen LogP contribution >= 0.6 is 0 Å². The lowest BCUT2D eigenvalue weighted by molar-refractivity contribution is 0.0928. The molecule has 0 heterocycles. The lowest BCUT2D eigenvalue weighted by Gasteiger charge is -2.20. The van der Waals surface area contributed by atoms with Crippen molar-refractivity contribution < 1.29 is 4.79 Å². The molecule has 2 atom stereocenters. The third-order valence-corrected chi connectivity index (χ3v) is 3.23. The van der Waals surface area contributed by atoms with Gasteiger partial charge in [0.1, 0.15) is 0 Å². The monoisotopic (exact) mass is 234 g/mol. The summed E-state index contributed by atoms with van der Waals surface area (Å²) in [5, 5.41) is 3.00. The number of rotatable bonds is 5. The van der Waals surface area contributed by atoms with Crippen LogP contribution in [0.1, 0.15) is 36.7 Å². The maximum atomic E-state index is 12.1. The van der Waals surface area contributed by atoms with Gasteiger partial charge in [0.25, 0.3) is 5.91 Å². The first-order valence-corrected chi connectivity index (χ1v) is 6.19. The average Bonchev–Trinajstić information content (AvgIpc) is 2.37. The predicted molar refractivity (Wildman–Crippen MR) is 71.0 cm³/mol. The number of carbonyl (C=O) groups is 1. The first kappa shape index (κ1) is 13.7. The Morgan fingerprint density at radius 2 is 2.00 bits per heavy atom. The Morgan fingerprint density at radius 3 is 2.59 bits per heavy atom. The van der Waals surface area contributed by atoms with Crippen molar-refractivity contribution >= 4 is 5.91 Å². The van der Waals surface area contributed by atoms with Gasteiger partial charge < -0.3 is 11.1 Å². The molecule has 0 bridgehead atoms. The number of carbonyl (C=O) groups excluding carboxylic acids is 1. The summed E-state index contributed by atoms with van der Waals surface area (Å²) in [5.74, 6) is 0.281. The number of benzene rings is 1. The third-order valence-electron chi connectivity index (χ3n) is 3.23. The molecule has 0 saturated carbocycles. The summed E-state index contributed by atoms with van der Waals surface area (Å²) in [7, 11) is 0. The summed E-state index contributed by atoms with van der Waals surface area (Å²) < 4.78 is 0. The van der Waals surface area contributed by atoms with Gasteiger partial charge in [0, 0.05) is 11.6 Å². The summed E-state index contributed by atoms with van der Waals surface area (Å²) in [4.78, 5) is 12.1. The van der Waals surface area contributed by atoms with E-state index in [9.17, 15) is 4.79 Å². The van der Waals surface area contributed by atoms with Crippen LogP contribution in [0.4, 0.5) is 0 Å². The zero-order valence-electron chi connectivity index (χ0n) is 10.9. The Kier molecular flexibility index (Phi) is 5.16. The van der Waals surface area contributed by atoms with Crippen molar-refractivity contribution in [3.63, 3.8) is 0 Å². The molecule has 3 N–H and O–H groups in total. The number of nitrogens with two attached hydrogens (primary N) is 1. The number of hydrogen-bond donors (Lipinski definition) is 2. The fraction of sp³-hybridized carbons (Fsp3) is 0.500. The molecule has 3 nitrogen and oxygen atoms in total. The van der Waals surface area contributed by atoms with Gasteiger partial charge in [0.05, 0.1) is 0 Å². The van der Waals surface area contributed by atoms with Gasteiger partial charge in [-0.25, -0.2) is 0 Å². The molecule has 0 aliphatic carbocycles. The van der Waals surface area contributed by atoms with Crippen LogP contribution in [0.25, 0.3) is 0 Å². The van der Waals surface area contributed by atoms with Crippen LogP contribution in [0.3, 0.4) is 0 Å². The van der Waals surface area contributed by atoms with Gasteiger partial charge in [-0.1, -0.05) is 32.0 Å². The van der Waals surface area contributed by atoms with Gasteiger partial charge in [-0.15, -0.1) is 0 Å². The zero-order chi connectivity index (χ0) is 12.8. The molecule has 1 rings (SSSR count). The highest BCUT2D eigenvalue weighted by Gasteiger charge is 2.16. The van der Waals surface area contributed by atoms with E-state index >= 15 is 0 Å². The first-order valence-electron chi connectivity index (χ1n) is 6.19. The summed E-state index contributed by atoms with van der Waals surface area (Å²) in [6.07, 6.45) is 0.865. The Hall–Kier alpha value is -1.35. The van der Waals surface area contributed by atoms with Crippen molar-refractivity contribution in [2.75, 3.05) is 6.54 Å². The van der Waals surface area contributed by atoms with Crippen LogP contribution in [-0.2, 0) is 6.42 Å². The first-order chi connectivity index (χ1) is 8.10. The molecule has 1 aromatic carbocycles. The molecular weight excluding hydrogens is 212 g/mol. The summed E-state index contributed by atoms with van der Waals surface area (Å²) in [6.45, 7) is 6.66. The van der Waals surface area contributed by atoms with E-state index in [-0.39, 0.29) is 17.9 Å². The van der Waals surface area contributed by atoms with Gasteiger partial charge in [-0.3, -0.25) is 4.79 Å². The van der Waals surface area contributed by atoms with Crippen LogP contribution in [0, 0.1) is 5.92 Å². The normalized spacial score (nSPS) is 14.1. The van der Waals surface area contributed by atoms with E-state index in [1.807, 2.05) is 38.1 Å². The second-order valence-electron chi connectivity index (χ2n) is 4.49. The predicted octanol–water partition coefficient (Wildman–Crippen LogP) is 1.96. The lowest BCUT2D eigenvalue weighted by Crippen LogP contribution is -2.40. The molecule has 0 aromatic heterocycles. The molecular formula is C14H22N2O. The van der Waals surface area contributed by atoms with Gasteiger partial charge >= 0.3 is 0 Å². The van der Waals surface area contributed by atoms with Crippen LogP contribution in [0.2, 0.25) is 0 Å². The molecule has 94 valence electrons. The number of nitrogens with one attached hydrogen (secondary N) is 1. The minimum Gasteiger partial charge on any atom is -0.349 e. The van der Waals surface area contributed by atoms with Crippen molar-refractivity contribution in [2.45, 2.75) is 33.2 Å². The number of amides is 1. The van der Waals surface area contributed by atoms with Gasteiger partial charge in [-0.05, 0) is 37.4 Å². The SMILES string of the molecule is CCc1ccccc1C(=O)NC(C)C(C)CN. The van der Waals surface area contributed by atoms with Crippen LogP contribution < -0.4 is 11.1 Å². The van der Waals surface area contributed by atoms with Crippen molar-refractivity contribution in [1.82, 2.24) is 5.32 Å². The third kappa shape index (κ3) is 3.56. The maximum absolute atomic E-state index is 12.1. The molecule has 3 heteroatoms. The standard InChI is InChI=1S/C14H22N2O/c1-4-12-7-5-6-8-13(12)14(17)16-11(3)10(2)9-15/h5-8,10-11H,4,9,15H2,1-3H3,(H,16,17). The van der Waals surface area contributed by atoms with Gasteiger partial charge in [0.2, 0.25) is 0 Å². The Bertz CT molecular complexity index is 376. The van der Waals surface area contributed by atoms with E-state index in [2.05, 4.69) is 12.2 Å². The van der Waals surface area contributed by atoms with E-state index in [0.29, 0.717) is 6.54 Å². The minimum absolute atomic E-state index is 0.00440. The Morgan fingerprint density at radius 1 is 1.35 bits per heavy atom. The summed E-state index contributed by atoms with van der Waals surface area (Å²) in [5.41, 5.74) is 7.44. The highest BCUT2D eigenvalue weighted by atomic mass is 16.1. The van der Waals surface area contributed by atoms with E-state index in [0.717, 1.165) is 17.5 Å². The topological polar surface area (TPSA) is 55.1 Å². The summed E-state index contributed by atoms with van der Waals surface area (Å²) in [6, 6.07) is 7.81. The molecule has 1 aromatic rings. The molecule has 0 spiro atoms. The molecule has 0 aliphatic rings. The second kappa shape index (κ2) is 6.40. The van der Waals surface area contributed by atoms with Gasteiger partial charge in [-0.2, -0.15) is 0 Å². The average molecular weight is 234 g/mol. The van der Waals surface area contributed by atoms with Crippen molar-refractivity contribution in [2.24, 2.45) is 11.7 Å². The van der Waals surface area contributed by atoms with Crippen LogP contribution in [0.15, 0.2) is 24.3 Å². The fourth-order valence-corrected chi connectivity index (χ4v) is 1.68. The number of hydrogen-bond acceptors (Lipinski definition) is 2. The maximum Gasteiger partial charge on any atom is 0.251 e. The Labute approximate surface area is 103 Å². The summed E-state index contributed by atoms with van der Waals surface area (Å²) >= 11 is 0. The highest BCUT2D eigenvalue weighted by Crippen LogP contribution is 2.10. The molecule has 0 radical (unpaired) electrons. The largest absolute Gasteiger partial charge is 0.349 e. The van der Waals surface area contributed by atoms with E-state index in [1.165, 1.54) is 0 Å². The molecule has 0 fully saturated rings. The lowest BCUT2D eigenvalue weighted by atomic mass is 10.0. The smallest absolute Gasteiger partial charge is 0.251 e. The van der Waals surface area contributed by atoms with Crippen molar-refractivity contribution in [3.8, 4) is 0 Å². The number of aryl methyl sites for hydroxylation is 1. The molecule has 0 aliphatic heterocycles. The molecule has 2 unspecified atom stereocenters. The molecule has 17 heavy (non-hydrogen) atoms. The minimum atomic E-state index is -0.00440. The Balaban J connectivity index is 2.76. The van der Waals surface area contributed by atoms with E-state index in [4.69, 9.17) is 5.73 Å². The quantitative estimate of drug-likeness (QED) is 0.818. The van der Waals surface area contributed by atoms with Crippen LogP contribution in [0.5, 0.6) is 0 Å². The van der Waals surface area contributed by atoms with E-state index in [1.54, 1.807) is 0 Å². The van der Waals surface area contributed by atoms with E-state index < -0.39 is 0 Å². The second-order valence-corrected chi connectivity index (χ2v) is 4.49. The molecule has 1 amide bonds. The van der Waals surface area contributed by atoms with Crippen molar-refractivity contribution in [3.05, 3.63) is 35.4 Å². The van der Waals surface area contributed by atoms with Crippen molar-refractivity contribution in [1.29, 1.82) is 0 Å². The highest BCUT2D eigenvalue weighted by molar-refractivity contribution is 5.95.